The fourth-order valence-electron chi connectivity index (χ4n) is 2.44. The Hall–Kier alpha value is -1.85. The van der Waals surface area contributed by atoms with Gasteiger partial charge in [0.15, 0.2) is 5.78 Å². The van der Waals surface area contributed by atoms with Crippen LogP contribution in [0.2, 0.25) is 0 Å². The van der Waals surface area contributed by atoms with Crippen LogP contribution in [0.3, 0.4) is 0 Å². The van der Waals surface area contributed by atoms with E-state index in [0.717, 1.165) is 15.2 Å². The highest BCUT2D eigenvalue weighted by Crippen LogP contribution is 2.35. The van der Waals surface area contributed by atoms with Gasteiger partial charge in [0.1, 0.15) is 5.60 Å². The van der Waals surface area contributed by atoms with Crippen molar-refractivity contribution >= 4 is 55.9 Å². The molecule has 4 nitrogen and oxygen atoms in total. The molecule has 0 saturated heterocycles. The molecule has 0 aromatic heterocycles. The molecule has 0 fully saturated rings. The van der Waals surface area contributed by atoms with Crippen molar-refractivity contribution < 1.29 is 14.3 Å². The fraction of sp³-hybridized carbons (Fsp3) is 0.300. The van der Waals surface area contributed by atoms with Crippen molar-refractivity contribution in [2.75, 3.05) is 11.4 Å². The molecule has 0 aliphatic heterocycles. The Bertz CT molecular complexity index is 871. The van der Waals surface area contributed by atoms with Crippen molar-refractivity contribution in [3.63, 3.8) is 0 Å². The van der Waals surface area contributed by atoms with E-state index in [1.54, 1.807) is 12.1 Å². The zero-order valence-corrected chi connectivity index (χ0v) is 17.5. The van der Waals surface area contributed by atoms with Crippen LogP contribution in [-0.2, 0) is 4.74 Å². The molecular formula is C20H21BrClNO3. The Morgan fingerprint density at radius 1 is 1.23 bits per heavy atom. The lowest BCUT2D eigenvalue weighted by Gasteiger charge is -2.27. The molecule has 0 aliphatic carbocycles. The minimum absolute atomic E-state index is 0.00901. The highest BCUT2D eigenvalue weighted by molar-refractivity contribution is 9.10. The van der Waals surface area contributed by atoms with Crippen LogP contribution < -0.4 is 4.90 Å². The highest BCUT2D eigenvalue weighted by Gasteiger charge is 2.24. The second-order valence-electron chi connectivity index (χ2n) is 6.84. The zero-order valence-electron chi connectivity index (χ0n) is 15.2. The van der Waals surface area contributed by atoms with Gasteiger partial charge in [0.05, 0.1) is 5.69 Å². The molecule has 0 atom stereocenters. The van der Waals surface area contributed by atoms with Gasteiger partial charge < -0.3 is 4.74 Å². The Balaban J connectivity index is 2.52. The lowest BCUT2D eigenvalue weighted by Crippen LogP contribution is -2.37. The van der Waals surface area contributed by atoms with Gasteiger partial charge in [-0.1, -0.05) is 35.9 Å². The predicted octanol–water partition coefficient (Wildman–Crippen LogP) is 6.30. The summed E-state index contributed by atoms with van der Waals surface area (Å²) in [4.78, 5) is 25.8. The van der Waals surface area contributed by atoms with E-state index >= 15 is 0 Å². The molecule has 6 heteroatoms. The van der Waals surface area contributed by atoms with E-state index < -0.39 is 11.7 Å². The summed E-state index contributed by atoms with van der Waals surface area (Å²) in [6.07, 6.45) is 1.20. The first kappa shape index (κ1) is 20.5. The third kappa shape index (κ3) is 4.86. The van der Waals surface area contributed by atoms with E-state index in [0.29, 0.717) is 11.3 Å². The summed E-state index contributed by atoms with van der Waals surface area (Å²) >= 11 is 9.24. The summed E-state index contributed by atoms with van der Waals surface area (Å²) in [7, 11) is 0. The van der Waals surface area contributed by atoms with Gasteiger partial charge in [-0.05, 0) is 66.5 Å². The molecular weight excluding hydrogens is 418 g/mol. The van der Waals surface area contributed by atoms with Gasteiger partial charge in [0.25, 0.3) is 0 Å². The van der Waals surface area contributed by atoms with Gasteiger partial charge >= 0.3 is 6.09 Å². The predicted molar refractivity (Wildman–Crippen MR) is 110 cm³/mol. The number of fused-ring (bicyclic) bond motifs is 1. The van der Waals surface area contributed by atoms with Crippen LogP contribution in [0, 0.1) is 0 Å². The van der Waals surface area contributed by atoms with Crippen LogP contribution >= 0.6 is 27.5 Å². The molecule has 0 bridgehead atoms. The van der Waals surface area contributed by atoms with E-state index in [9.17, 15) is 9.59 Å². The van der Waals surface area contributed by atoms with Crippen LogP contribution in [0.25, 0.3) is 10.8 Å². The maximum atomic E-state index is 12.7. The summed E-state index contributed by atoms with van der Waals surface area (Å²) < 4.78 is 6.26. The van der Waals surface area contributed by atoms with Crippen molar-refractivity contribution in [3.05, 3.63) is 52.0 Å². The average molecular weight is 439 g/mol. The molecule has 0 aliphatic rings. The summed E-state index contributed by atoms with van der Waals surface area (Å²) in [5.74, 6) is 0.00901. The molecule has 1 amide bonds. The van der Waals surface area contributed by atoms with E-state index in [2.05, 4.69) is 15.9 Å². The van der Waals surface area contributed by atoms with Crippen molar-refractivity contribution in [1.29, 1.82) is 0 Å². The lowest BCUT2D eigenvalue weighted by atomic mass is 10.0. The second-order valence-corrected chi connectivity index (χ2v) is 7.89. The molecule has 2 aromatic carbocycles. The van der Waals surface area contributed by atoms with Crippen molar-refractivity contribution in [3.8, 4) is 0 Å². The van der Waals surface area contributed by atoms with Crippen LogP contribution in [0.5, 0.6) is 0 Å². The molecule has 0 unspecified atom stereocenters. The van der Waals surface area contributed by atoms with E-state index in [4.69, 9.17) is 16.3 Å². The summed E-state index contributed by atoms with van der Waals surface area (Å²) in [6, 6.07) is 9.18. The van der Waals surface area contributed by atoms with Crippen molar-refractivity contribution in [2.24, 2.45) is 0 Å². The first-order valence-corrected chi connectivity index (χ1v) is 9.36. The summed E-state index contributed by atoms with van der Waals surface area (Å²) in [5.41, 5.74) is 2.06. The molecule has 0 N–H and O–H groups in total. The van der Waals surface area contributed by atoms with E-state index in [1.807, 2.05) is 45.0 Å². The Kier molecular flexibility index (Phi) is 6.48. The van der Waals surface area contributed by atoms with Gasteiger partial charge in [-0.3, -0.25) is 9.69 Å². The average Bonchev–Trinajstić information content (AvgIpc) is 2.55. The number of anilines is 1. The fourth-order valence-corrected chi connectivity index (χ4v) is 3.23. The smallest absolute Gasteiger partial charge is 0.415 e. The van der Waals surface area contributed by atoms with Crippen LogP contribution in [0.1, 0.15) is 38.1 Å². The number of carbonyl (C=O) groups excluding carboxylic acids is 2. The molecule has 0 spiro atoms. The van der Waals surface area contributed by atoms with E-state index in [1.165, 1.54) is 17.4 Å². The first-order valence-electron chi connectivity index (χ1n) is 8.13. The van der Waals surface area contributed by atoms with Gasteiger partial charge in [0.2, 0.25) is 0 Å². The van der Waals surface area contributed by atoms with Crippen LogP contribution in [0.4, 0.5) is 10.5 Å². The number of rotatable bonds is 4. The number of hydrogen-bond acceptors (Lipinski definition) is 3. The minimum atomic E-state index is -0.611. The number of carbonyl (C=O) groups is 2. The molecule has 0 radical (unpaired) electrons. The number of hydrogen-bond donors (Lipinski definition) is 0. The normalized spacial score (nSPS) is 11.8. The molecule has 138 valence electrons. The summed E-state index contributed by atoms with van der Waals surface area (Å²) in [5, 5.41) is 1.81. The molecule has 0 saturated carbocycles. The third-order valence-electron chi connectivity index (χ3n) is 3.62. The maximum Gasteiger partial charge on any atom is 0.415 e. The number of ether oxygens (including phenoxy) is 1. The largest absolute Gasteiger partial charge is 0.443 e. The molecule has 2 aromatic rings. The van der Waals surface area contributed by atoms with Crippen LogP contribution in [0.15, 0.2) is 46.4 Å². The Morgan fingerprint density at radius 3 is 2.50 bits per heavy atom. The number of nitrogens with zero attached hydrogens (tertiary/aromatic N) is 1. The molecule has 26 heavy (non-hydrogen) atoms. The second kappa shape index (κ2) is 8.23. The van der Waals surface area contributed by atoms with Crippen molar-refractivity contribution in [1.82, 2.24) is 0 Å². The minimum Gasteiger partial charge on any atom is -0.443 e. The zero-order chi connectivity index (χ0) is 19.5. The number of Topliss-reactive ketones (excluding diaryl/α,β-unsaturated/α-hetero) is 1. The Morgan fingerprint density at radius 2 is 1.92 bits per heavy atom. The van der Waals surface area contributed by atoms with Crippen LogP contribution in [-0.4, -0.2) is 24.0 Å². The van der Waals surface area contributed by atoms with Gasteiger partial charge in [-0.25, -0.2) is 4.79 Å². The number of halogens is 2. The third-order valence-corrected chi connectivity index (χ3v) is 4.63. The standard InChI is InChI=1S/C20H21BrClNO3/c1-13(24)14-6-8-16-15(12-14)7-9-17(18(16)21)23(11-5-10-22)19(25)26-20(2,3)4/h5-10,12H,11H2,1-4H3/b10-5+. The van der Waals surface area contributed by atoms with Gasteiger partial charge in [-0.2, -0.15) is 0 Å². The monoisotopic (exact) mass is 437 g/mol. The Labute approximate surface area is 166 Å². The number of benzene rings is 2. The van der Waals surface area contributed by atoms with Gasteiger partial charge in [0, 0.05) is 22.1 Å². The highest BCUT2D eigenvalue weighted by atomic mass is 79.9. The first-order chi connectivity index (χ1) is 12.1. The summed E-state index contributed by atoms with van der Waals surface area (Å²) in [6.45, 7) is 7.26. The van der Waals surface area contributed by atoms with Gasteiger partial charge in [-0.15, -0.1) is 0 Å². The SMILES string of the molecule is CC(=O)c1ccc2c(Br)c(N(C/C=C/Cl)C(=O)OC(C)(C)C)ccc2c1. The van der Waals surface area contributed by atoms with E-state index in [-0.39, 0.29) is 12.3 Å². The van der Waals surface area contributed by atoms with Crippen molar-refractivity contribution in [2.45, 2.75) is 33.3 Å². The lowest BCUT2D eigenvalue weighted by molar-refractivity contribution is 0.0584. The molecule has 0 heterocycles. The maximum absolute atomic E-state index is 12.7. The molecule has 2 rings (SSSR count). The number of amides is 1. The topological polar surface area (TPSA) is 46.6 Å². The quantitative estimate of drug-likeness (QED) is 0.526. The number of ketones is 1.